The summed E-state index contributed by atoms with van der Waals surface area (Å²) in [6, 6.07) is 5.98. The number of thioether (sulfide) groups is 1. The van der Waals surface area contributed by atoms with Crippen molar-refractivity contribution in [3.8, 4) is 0 Å². The number of esters is 1. The van der Waals surface area contributed by atoms with Gasteiger partial charge in [0.15, 0.2) is 0 Å². The Labute approximate surface area is 111 Å². The van der Waals surface area contributed by atoms with Gasteiger partial charge in [0.2, 0.25) is 0 Å². The summed E-state index contributed by atoms with van der Waals surface area (Å²) in [4.78, 5) is 12.3. The highest BCUT2D eigenvalue weighted by molar-refractivity contribution is 7.99. The molecule has 0 amide bonds. The van der Waals surface area contributed by atoms with Gasteiger partial charge in [0.25, 0.3) is 0 Å². The molecule has 0 heterocycles. The highest BCUT2D eigenvalue weighted by Crippen LogP contribution is 2.19. The second-order valence-electron chi connectivity index (χ2n) is 3.80. The Bertz CT molecular complexity index is 387. The third kappa shape index (κ3) is 5.06. The Morgan fingerprint density at radius 2 is 2.33 bits per heavy atom. The molecular formula is C13H18FNO2S. The molecule has 0 saturated heterocycles. The van der Waals surface area contributed by atoms with Gasteiger partial charge in [-0.15, -0.1) is 11.8 Å². The third-order valence-corrected chi connectivity index (χ3v) is 3.43. The quantitative estimate of drug-likeness (QED) is 0.611. The summed E-state index contributed by atoms with van der Waals surface area (Å²) in [6.07, 6.45) is 0.943. The smallest absolute Gasteiger partial charge is 0.323 e. The fourth-order valence-electron chi connectivity index (χ4n) is 1.41. The lowest BCUT2D eigenvalue weighted by Gasteiger charge is -2.15. The Balaban J connectivity index is 2.53. The number of rotatable bonds is 7. The van der Waals surface area contributed by atoms with Crippen LogP contribution in [0.3, 0.4) is 0 Å². The summed E-state index contributed by atoms with van der Waals surface area (Å²) < 4.78 is 17.7. The molecule has 1 aromatic rings. The van der Waals surface area contributed by atoms with E-state index in [1.807, 2.05) is 13.0 Å². The number of hydrogen-bond donors (Lipinski definition) is 1. The van der Waals surface area contributed by atoms with E-state index in [1.165, 1.54) is 31.0 Å². The lowest BCUT2D eigenvalue weighted by molar-refractivity contribution is -0.142. The molecule has 3 nitrogen and oxygen atoms in total. The Morgan fingerprint density at radius 1 is 1.56 bits per heavy atom. The first kappa shape index (κ1) is 15.0. The topological polar surface area (TPSA) is 38.3 Å². The fraction of sp³-hybridized carbons (Fsp3) is 0.462. The molecule has 0 saturated carbocycles. The van der Waals surface area contributed by atoms with Crippen LogP contribution in [0.5, 0.6) is 0 Å². The number of carbonyl (C=O) groups is 1. The molecule has 5 heteroatoms. The maximum atomic E-state index is 13.0. The van der Waals surface area contributed by atoms with Crippen molar-refractivity contribution in [1.29, 1.82) is 0 Å². The molecule has 1 aromatic carbocycles. The normalized spacial score (nSPS) is 12.2. The van der Waals surface area contributed by atoms with E-state index in [-0.39, 0.29) is 17.8 Å². The minimum atomic E-state index is -0.358. The highest BCUT2D eigenvalue weighted by Gasteiger charge is 2.18. The molecule has 1 unspecified atom stereocenters. The molecule has 0 aliphatic heterocycles. The van der Waals surface area contributed by atoms with Crippen LogP contribution in [0.1, 0.15) is 13.3 Å². The van der Waals surface area contributed by atoms with Gasteiger partial charge in [-0.3, -0.25) is 4.79 Å². The van der Waals surface area contributed by atoms with E-state index in [9.17, 15) is 9.18 Å². The molecule has 0 aromatic heterocycles. The zero-order valence-corrected chi connectivity index (χ0v) is 11.4. The Morgan fingerprint density at radius 3 is 2.94 bits per heavy atom. The van der Waals surface area contributed by atoms with Crippen molar-refractivity contribution in [2.45, 2.75) is 24.3 Å². The number of ether oxygens (including phenoxy) is 1. The average molecular weight is 271 g/mol. The van der Waals surface area contributed by atoms with Crippen LogP contribution < -0.4 is 5.32 Å². The van der Waals surface area contributed by atoms with Crippen LogP contribution in [-0.4, -0.2) is 31.4 Å². The molecular weight excluding hydrogens is 253 g/mol. The monoisotopic (exact) mass is 271 g/mol. The summed E-state index contributed by atoms with van der Waals surface area (Å²) in [5, 5.41) is 3.12. The number of carbonyl (C=O) groups excluding carboxylic acids is 1. The summed E-state index contributed by atoms with van der Waals surface area (Å²) in [5.41, 5.74) is 0. The maximum Gasteiger partial charge on any atom is 0.323 e. The zero-order chi connectivity index (χ0) is 13.4. The first-order valence-corrected chi connectivity index (χ1v) is 6.85. The molecule has 0 fully saturated rings. The predicted octanol–water partition coefficient (Wildman–Crippen LogP) is 2.46. The van der Waals surface area contributed by atoms with Crippen molar-refractivity contribution in [3.63, 3.8) is 0 Å². The number of nitrogens with one attached hydrogen (secondary N) is 1. The van der Waals surface area contributed by atoms with E-state index in [1.54, 1.807) is 6.07 Å². The maximum absolute atomic E-state index is 13.0. The molecule has 1 N–H and O–H groups in total. The Hall–Kier alpha value is -1.07. The van der Waals surface area contributed by atoms with Gasteiger partial charge in [0, 0.05) is 10.6 Å². The molecule has 0 aliphatic carbocycles. The van der Waals surface area contributed by atoms with Gasteiger partial charge in [0.1, 0.15) is 11.9 Å². The molecule has 1 rings (SSSR count). The van der Waals surface area contributed by atoms with Gasteiger partial charge in [0.05, 0.1) is 7.11 Å². The summed E-state index contributed by atoms with van der Waals surface area (Å²) >= 11 is 1.43. The largest absolute Gasteiger partial charge is 0.468 e. The zero-order valence-electron chi connectivity index (χ0n) is 10.6. The predicted molar refractivity (Wildman–Crippen MR) is 71.2 cm³/mol. The van der Waals surface area contributed by atoms with Crippen molar-refractivity contribution >= 4 is 17.7 Å². The van der Waals surface area contributed by atoms with E-state index < -0.39 is 0 Å². The van der Waals surface area contributed by atoms with Crippen molar-refractivity contribution in [1.82, 2.24) is 5.32 Å². The average Bonchev–Trinajstić information content (AvgIpc) is 2.38. The minimum Gasteiger partial charge on any atom is -0.468 e. The van der Waals surface area contributed by atoms with Crippen molar-refractivity contribution in [2.75, 3.05) is 19.4 Å². The molecule has 1 atom stereocenters. The summed E-state index contributed by atoms with van der Waals surface area (Å²) in [7, 11) is 1.37. The van der Waals surface area contributed by atoms with Gasteiger partial charge in [-0.25, -0.2) is 4.39 Å². The standard InChI is InChI=1S/C13H18FNO2S/c1-3-7-15-12(13(16)17-2)9-18-11-6-4-5-10(14)8-11/h4-6,8,12,15H,3,7,9H2,1-2H3. The van der Waals surface area contributed by atoms with Gasteiger partial charge in [-0.2, -0.15) is 0 Å². The first-order valence-electron chi connectivity index (χ1n) is 5.87. The first-order chi connectivity index (χ1) is 8.67. The van der Waals surface area contributed by atoms with Gasteiger partial charge >= 0.3 is 5.97 Å². The summed E-state index contributed by atoms with van der Waals surface area (Å²) in [6.45, 7) is 2.78. The van der Waals surface area contributed by atoms with E-state index in [4.69, 9.17) is 4.74 Å². The van der Waals surface area contributed by atoms with Crippen LogP contribution in [0, 0.1) is 5.82 Å². The highest BCUT2D eigenvalue weighted by atomic mass is 32.2. The molecule has 0 radical (unpaired) electrons. The van der Waals surface area contributed by atoms with E-state index in [2.05, 4.69) is 5.32 Å². The van der Waals surface area contributed by atoms with Crippen LogP contribution in [0.2, 0.25) is 0 Å². The van der Waals surface area contributed by atoms with E-state index in [0.29, 0.717) is 5.75 Å². The minimum absolute atomic E-state index is 0.267. The van der Waals surface area contributed by atoms with Crippen LogP contribution in [0.25, 0.3) is 0 Å². The van der Waals surface area contributed by atoms with E-state index in [0.717, 1.165) is 17.9 Å². The number of hydrogen-bond acceptors (Lipinski definition) is 4. The second-order valence-corrected chi connectivity index (χ2v) is 4.89. The lowest BCUT2D eigenvalue weighted by Crippen LogP contribution is -2.40. The van der Waals surface area contributed by atoms with Crippen molar-refractivity contribution < 1.29 is 13.9 Å². The van der Waals surface area contributed by atoms with E-state index >= 15 is 0 Å². The van der Waals surface area contributed by atoms with Gasteiger partial charge in [-0.05, 0) is 31.2 Å². The van der Waals surface area contributed by atoms with Crippen molar-refractivity contribution in [2.24, 2.45) is 0 Å². The fourth-order valence-corrected chi connectivity index (χ4v) is 2.39. The van der Waals surface area contributed by atoms with Crippen LogP contribution >= 0.6 is 11.8 Å². The van der Waals surface area contributed by atoms with Crippen molar-refractivity contribution in [3.05, 3.63) is 30.1 Å². The van der Waals surface area contributed by atoms with Crippen LogP contribution in [0.4, 0.5) is 4.39 Å². The third-order valence-electron chi connectivity index (χ3n) is 2.34. The number of halogens is 1. The molecule has 18 heavy (non-hydrogen) atoms. The van der Waals surface area contributed by atoms with Crippen LogP contribution in [0.15, 0.2) is 29.2 Å². The lowest BCUT2D eigenvalue weighted by atomic mass is 10.3. The molecule has 0 aliphatic rings. The molecule has 0 bridgehead atoms. The number of methoxy groups -OCH3 is 1. The van der Waals surface area contributed by atoms with Gasteiger partial charge in [-0.1, -0.05) is 13.0 Å². The molecule has 0 spiro atoms. The van der Waals surface area contributed by atoms with Gasteiger partial charge < -0.3 is 10.1 Å². The Kier molecular flexibility index (Phi) is 6.75. The van der Waals surface area contributed by atoms with Crippen LogP contribution in [-0.2, 0) is 9.53 Å². The number of benzene rings is 1. The second kappa shape index (κ2) is 8.11. The SMILES string of the molecule is CCCNC(CSc1cccc(F)c1)C(=O)OC. The molecule has 100 valence electrons. The summed E-state index contributed by atoms with van der Waals surface area (Å²) in [5.74, 6) is -0.0284.